The first-order chi connectivity index (χ1) is 11.7. The Labute approximate surface area is 156 Å². The van der Waals surface area contributed by atoms with Crippen LogP contribution < -0.4 is 15.4 Å². The second kappa shape index (κ2) is 9.41. The van der Waals surface area contributed by atoms with Gasteiger partial charge >= 0.3 is 0 Å². The Morgan fingerprint density at radius 1 is 1.32 bits per heavy atom. The first-order valence-corrected chi connectivity index (χ1v) is 9.07. The molecule has 1 saturated carbocycles. The number of piperazine rings is 1. The van der Waals surface area contributed by atoms with Crippen molar-refractivity contribution < 1.29 is 9.53 Å². The smallest absolute Gasteiger partial charge is 0.234 e. The Bertz CT molecular complexity index is 553. The maximum atomic E-state index is 12.5. The third kappa shape index (κ3) is 5.09. The molecule has 2 N–H and O–H groups in total. The fourth-order valence-electron chi connectivity index (χ4n) is 4.05. The molecule has 1 saturated heterocycles. The van der Waals surface area contributed by atoms with Crippen molar-refractivity contribution in [2.75, 3.05) is 33.3 Å². The monoisotopic (exact) mass is 367 g/mol. The van der Waals surface area contributed by atoms with Crippen molar-refractivity contribution >= 4 is 18.3 Å². The molecule has 1 aliphatic carbocycles. The molecule has 2 fully saturated rings. The minimum absolute atomic E-state index is 0. The van der Waals surface area contributed by atoms with Gasteiger partial charge < -0.3 is 15.4 Å². The number of rotatable bonds is 5. The van der Waals surface area contributed by atoms with Crippen LogP contribution >= 0.6 is 12.4 Å². The van der Waals surface area contributed by atoms with Crippen molar-refractivity contribution in [1.82, 2.24) is 15.5 Å². The van der Waals surface area contributed by atoms with Crippen LogP contribution in [0.2, 0.25) is 0 Å². The van der Waals surface area contributed by atoms with Crippen LogP contribution in [0.4, 0.5) is 0 Å². The third-order valence-electron chi connectivity index (χ3n) is 5.43. The molecule has 1 amide bonds. The summed E-state index contributed by atoms with van der Waals surface area (Å²) in [6, 6.07) is 7.84. The molecule has 1 heterocycles. The number of hydrogen-bond acceptors (Lipinski definition) is 4. The molecular formula is C19H30ClN3O2. The van der Waals surface area contributed by atoms with Gasteiger partial charge in [0, 0.05) is 31.7 Å². The summed E-state index contributed by atoms with van der Waals surface area (Å²) in [7, 11) is 1.66. The molecule has 1 aromatic rings. The fourth-order valence-corrected chi connectivity index (χ4v) is 4.05. The minimum Gasteiger partial charge on any atom is -0.497 e. The van der Waals surface area contributed by atoms with Crippen LogP contribution in [0.25, 0.3) is 0 Å². The number of hydrogen-bond donors (Lipinski definition) is 2. The number of halogens is 1. The number of benzene rings is 1. The summed E-state index contributed by atoms with van der Waals surface area (Å²) in [6.45, 7) is 4.02. The van der Waals surface area contributed by atoms with Gasteiger partial charge in [-0.3, -0.25) is 9.69 Å². The van der Waals surface area contributed by atoms with Crippen molar-refractivity contribution in [3.8, 4) is 5.75 Å². The number of nitrogens with one attached hydrogen (secondary N) is 2. The van der Waals surface area contributed by atoms with Crippen molar-refractivity contribution in [3.63, 3.8) is 0 Å². The van der Waals surface area contributed by atoms with Gasteiger partial charge in [0.2, 0.25) is 5.91 Å². The predicted octanol–water partition coefficient (Wildman–Crippen LogP) is 2.34. The SMILES string of the molecule is COc1cccc(CNC(=O)CN2CCNCC23CCCCC3)c1.Cl. The molecule has 0 aromatic heterocycles. The van der Waals surface area contributed by atoms with E-state index in [1.54, 1.807) is 7.11 Å². The first-order valence-electron chi connectivity index (χ1n) is 9.07. The molecule has 140 valence electrons. The first kappa shape index (κ1) is 20.0. The van der Waals surface area contributed by atoms with Crippen LogP contribution in [0.3, 0.4) is 0 Å². The highest BCUT2D eigenvalue weighted by molar-refractivity contribution is 5.85. The quantitative estimate of drug-likeness (QED) is 0.838. The van der Waals surface area contributed by atoms with Gasteiger partial charge in [-0.2, -0.15) is 0 Å². The Morgan fingerprint density at radius 3 is 2.88 bits per heavy atom. The van der Waals surface area contributed by atoms with Gasteiger partial charge in [-0.05, 0) is 30.5 Å². The van der Waals surface area contributed by atoms with Crippen LogP contribution in [0.15, 0.2) is 24.3 Å². The van der Waals surface area contributed by atoms with E-state index in [-0.39, 0.29) is 23.9 Å². The highest BCUT2D eigenvalue weighted by atomic mass is 35.5. The van der Waals surface area contributed by atoms with Crippen molar-refractivity contribution in [2.45, 2.75) is 44.2 Å². The summed E-state index contributed by atoms with van der Waals surface area (Å²) in [6.07, 6.45) is 6.32. The van der Waals surface area contributed by atoms with E-state index < -0.39 is 0 Å². The molecule has 0 unspecified atom stereocenters. The van der Waals surface area contributed by atoms with Crippen LogP contribution in [0.1, 0.15) is 37.7 Å². The van der Waals surface area contributed by atoms with E-state index in [4.69, 9.17) is 4.74 Å². The van der Waals surface area contributed by atoms with Gasteiger partial charge in [0.05, 0.1) is 13.7 Å². The van der Waals surface area contributed by atoms with E-state index in [1.165, 1.54) is 32.1 Å². The highest BCUT2D eigenvalue weighted by Crippen LogP contribution is 2.34. The lowest BCUT2D eigenvalue weighted by atomic mass is 9.79. The lowest BCUT2D eigenvalue weighted by molar-refractivity contribution is -0.125. The van der Waals surface area contributed by atoms with E-state index in [1.807, 2.05) is 24.3 Å². The summed E-state index contributed by atoms with van der Waals surface area (Å²) in [5.41, 5.74) is 1.26. The maximum Gasteiger partial charge on any atom is 0.234 e. The number of nitrogens with zero attached hydrogens (tertiary/aromatic N) is 1. The zero-order chi connectivity index (χ0) is 16.8. The molecule has 5 nitrogen and oxygen atoms in total. The Balaban J connectivity index is 0.00000225. The molecule has 0 atom stereocenters. The van der Waals surface area contributed by atoms with E-state index in [2.05, 4.69) is 15.5 Å². The molecule has 6 heteroatoms. The largest absolute Gasteiger partial charge is 0.497 e. The Kier molecular flexibility index (Phi) is 7.54. The summed E-state index contributed by atoms with van der Waals surface area (Å²) in [5.74, 6) is 0.940. The average Bonchev–Trinajstić information content (AvgIpc) is 2.63. The van der Waals surface area contributed by atoms with Gasteiger partial charge in [0.25, 0.3) is 0 Å². The van der Waals surface area contributed by atoms with E-state index in [0.29, 0.717) is 13.1 Å². The lowest BCUT2D eigenvalue weighted by Gasteiger charge is -2.49. The van der Waals surface area contributed by atoms with E-state index >= 15 is 0 Å². The van der Waals surface area contributed by atoms with Crippen LogP contribution in [0.5, 0.6) is 5.75 Å². The number of methoxy groups -OCH3 is 1. The van der Waals surface area contributed by atoms with Gasteiger partial charge in [-0.15, -0.1) is 12.4 Å². The fraction of sp³-hybridized carbons (Fsp3) is 0.632. The number of carbonyl (C=O) groups is 1. The molecular weight excluding hydrogens is 338 g/mol. The maximum absolute atomic E-state index is 12.5. The van der Waals surface area contributed by atoms with Crippen LogP contribution in [-0.4, -0.2) is 49.6 Å². The molecule has 3 rings (SSSR count). The van der Waals surface area contributed by atoms with Gasteiger partial charge in [0.15, 0.2) is 0 Å². The molecule has 0 radical (unpaired) electrons. The molecule has 0 bridgehead atoms. The number of amides is 1. The van der Waals surface area contributed by atoms with Crippen molar-refractivity contribution in [2.24, 2.45) is 0 Å². The predicted molar refractivity (Wildman–Crippen MR) is 102 cm³/mol. The summed E-state index contributed by atoms with van der Waals surface area (Å²) >= 11 is 0. The Morgan fingerprint density at radius 2 is 2.12 bits per heavy atom. The summed E-state index contributed by atoms with van der Waals surface area (Å²) in [5, 5.41) is 6.59. The van der Waals surface area contributed by atoms with Crippen LogP contribution in [0, 0.1) is 0 Å². The molecule has 1 spiro atoms. The van der Waals surface area contributed by atoms with Gasteiger partial charge in [-0.25, -0.2) is 0 Å². The van der Waals surface area contributed by atoms with E-state index in [0.717, 1.165) is 30.9 Å². The molecule has 1 aromatic carbocycles. The Hall–Kier alpha value is -1.30. The standard InChI is InChI=1S/C19H29N3O2.ClH/c1-24-17-7-5-6-16(12-17)13-21-18(23)14-22-11-10-20-15-19(22)8-3-2-4-9-19;/h5-7,12,20H,2-4,8-11,13-15H2,1H3,(H,21,23);1H. The third-order valence-corrected chi connectivity index (χ3v) is 5.43. The van der Waals surface area contributed by atoms with Gasteiger partial charge in [0.1, 0.15) is 5.75 Å². The zero-order valence-electron chi connectivity index (χ0n) is 15.1. The highest BCUT2D eigenvalue weighted by Gasteiger charge is 2.40. The minimum atomic E-state index is 0. The number of ether oxygens (including phenoxy) is 1. The molecule has 25 heavy (non-hydrogen) atoms. The molecule has 1 aliphatic heterocycles. The summed E-state index contributed by atoms with van der Waals surface area (Å²) < 4.78 is 5.23. The van der Waals surface area contributed by atoms with Crippen LogP contribution in [-0.2, 0) is 11.3 Å². The summed E-state index contributed by atoms with van der Waals surface area (Å²) in [4.78, 5) is 14.9. The zero-order valence-corrected chi connectivity index (χ0v) is 15.9. The molecule has 2 aliphatic rings. The van der Waals surface area contributed by atoms with Gasteiger partial charge in [-0.1, -0.05) is 31.4 Å². The normalized spacial score (nSPS) is 19.9. The van der Waals surface area contributed by atoms with Crippen molar-refractivity contribution in [3.05, 3.63) is 29.8 Å². The average molecular weight is 368 g/mol. The number of carbonyl (C=O) groups excluding carboxylic acids is 1. The van der Waals surface area contributed by atoms with Crippen molar-refractivity contribution in [1.29, 1.82) is 0 Å². The second-order valence-corrected chi connectivity index (χ2v) is 7.01. The second-order valence-electron chi connectivity index (χ2n) is 7.01. The topological polar surface area (TPSA) is 53.6 Å². The lowest BCUT2D eigenvalue weighted by Crippen LogP contribution is -2.63. The van der Waals surface area contributed by atoms with E-state index in [9.17, 15) is 4.79 Å².